The normalized spacial score (nSPS) is 15.8. The first kappa shape index (κ1) is 17.3. The van der Waals surface area contributed by atoms with Gasteiger partial charge in [-0.05, 0) is 38.0 Å². The highest BCUT2D eigenvalue weighted by Gasteiger charge is 2.31. The molecule has 0 radical (unpaired) electrons. The second kappa shape index (κ2) is 6.09. The van der Waals surface area contributed by atoms with Gasteiger partial charge < -0.3 is 9.64 Å². The van der Waals surface area contributed by atoms with Crippen LogP contribution in [0.3, 0.4) is 0 Å². The van der Waals surface area contributed by atoms with E-state index in [1.54, 1.807) is 10.6 Å². The SMILES string of the molecule is CN1c2cc(OCc3cc(F)c(F)c(F)c3)nc(=O)n2CCC1(C)C. The van der Waals surface area contributed by atoms with Crippen LogP contribution in [0.4, 0.5) is 19.0 Å². The van der Waals surface area contributed by atoms with Crippen molar-refractivity contribution in [3.63, 3.8) is 0 Å². The first-order chi connectivity index (χ1) is 11.7. The molecule has 1 aromatic carbocycles. The van der Waals surface area contributed by atoms with Crippen LogP contribution in [0.25, 0.3) is 0 Å². The molecule has 0 saturated carbocycles. The topological polar surface area (TPSA) is 47.4 Å². The first-order valence-corrected chi connectivity index (χ1v) is 7.81. The maximum Gasteiger partial charge on any atom is 0.352 e. The van der Waals surface area contributed by atoms with E-state index in [2.05, 4.69) is 18.8 Å². The van der Waals surface area contributed by atoms with Crippen LogP contribution in [0.15, 0.2) is 23.0 Å². The molecule has 1 aromatic heterocycles. The van der Waals surface area contributed by atoms with Gasteiger partial charge in [0.25, 0.3) is 0 Å². The molecule has 1 aliphatic rings. The highest BCUT2D eigenvalue weighted by Crippen LogP contribution is 2.31. The third kappa shape index (κ3) is 3.20. The average Bonchev–Trinajstić information content (AvgIpc) is 2.54. The van der Waals surface area contributed by atoms with Crippen LogP contribution in [0.5, 0.6) is 5.88 Å². The van der Waals surface area contributed by atoms with Crippen LogP contribution in [-0.2, 0) is 13.2 Å². The van der Waals surface area contributed by atoms with Crippen molar-refractivity contribution in [3.8, 4) is 5.88 Å². The minimum atomic E-state index is -1.53. The first-order valence-electron chi connectivity index (χ1n) is 7.81. The van der Waals surface area contributed by atoms with Gasteiger partial charge in [-0.3, -0.25) is 4.57 Å². The Bertz CT molecular complexity index is 857. The Balaban J connectivity index is 1.86. The zero-order valence-electron chi connectivity index (χ0n) is 14.1. The number of hydrogen-bond acceptors (Lipinski definition) is 4. The molecule has 0 N–H and O–H groups in total. The second-order valence-electron chi connectivity index (χ2n) is 6.67. The summed E-state index contributed by atoms with van der Waals surface area (Å²) in [4.78, 5) is 18.0. The quantitative estimate of drug-likeness (QED) is 0.796. The minimum Gasteiger partial charge on any atom is -0.473 e. The Morgan fingerprint density at radius 1 is 1.20 bits per heavy atom. The fraction of sp³-hybridized carbons (Fsp3) is 0.412. The Morgan fingerprint density at radius 3 is 2.48 bits per heavy atom. The van der Waals surface area contributed by atoms with Crippen molar-refractivity contribution in [2.75, 3.05) is 11.9 Å². The molecule has 2 aromatic rings. The highest BCUT2D eigenvalue weighted by molar-refractivity contribution is 5.45. The van der Waals surface area contributed by atoms with Crippen LogP contribution >= 0.6 is 0 Å². The van der Waals surface area contributed by atoms with Gasteiger partial charge in [-0.25, -0.2) is 18.0 Å². The standard InChI is InChI=1S/C17H18F3N3O2/c1-17(2)4-5-23-14(22(17)3)8-13(21-16(23)24)25-9-10-6-11(18)15(20)12(19)7-10/h6-8H,4-5,9H2,1-3H3. The van der Waals surface area contributed by atoms with Crippen molar-refractivity contribution in [2.45, 2.75) is 39.0 Å². The Kier molecular flexibility index (Phi) is 4.22. The summed E-state index contributed by atoms with van der Waals surface area (Å²) in [7, 11) is 1.87. The van der Waals surface area contributed by atoms with E-state index in [1.165, 1.54) is 0 Å². The van der Waals surface area contributed by atoms with Crippen LogP contribution in [0.1, 0.15) is 25.8 Å². The van der Waals surface area contributed by atoms with Crippen molar-refractivity contribution in [1.29, 1.82) is 0 Å². The summed E-state index contributed by atoms with van der Waals surface area (Å²) < 4.78 is 46.4. The summed E-state index contributed by atoms with van der Waals surface area (Å²) in [6, 6.07) is 3.30. The third-order valence-electron chi connectivity index (χ3n) is 4.60. The molecule has 25 heavy (non-hydrogen) atoms. The molecular weight excluding hydrogens is 335 g/mol. The fourth-order valence-electron chi connectivity index (χ4n) is 2.75. The molecule has 1 aliphatic heterocycles. The van der Waals surface area contributed by atoms with Crippen molar-refractivity contribution < 1.29 is 17.9 Å². The summed E-state index contributed by atoms with van der Waals surface area (Å²) in [5.74, 6) is -3.41. The molecule has 8 heteroatoms. The Labute approximate surface area is 142 Å². The molecule has 3 rings (SSSR count). The van der Waals surface area contributed by atoms with E-state index >= 15 is 0 Å². The van der Waals surface area contributed by atoms with Gasteiger partial charge in [-0.15, -0.1) is 0 Å². The highest BCUT2D eigenvalue weighted by atomic mass is 19.2. The smallest absolute Gasteiger partial charge is 0.352 e. The Morgan fingerprint density at radius 2 is 1.84 bits per heavy atom. The van der Waals surface area contributed by atoms with Gasteiger partial charge in [-0.1, -0.05) is 0 Å². The minimum absolute atomic E-state index is 0.0472. The number of fused-ring (bicyclic) bond motifs is 1. The predicted molar refractivity (Wildman–Crippen MR) is 86.2 cm³/mol. The molecule has 0 bridgehead atoms. The molecule has 0 spiro atoms. The van der Waals surface area contributed by atoms with Gasteiger partial charge in [0.2, 0.25) is 5.88 Å². The number of rotatable bonds is 3. The number of aromatic nitrogens is 2. The van der Waals surface area contributed by atoms with E-state index in [4.69, 9.17) is 4.74 Å². The van der Waals surface area contributed by atoms with E-state index in [9.17, 15) is 18.0 Å². The summed E-state index contributed by atoms with van der Waals surface area (Å²) >= 11 is 0. The largest absolute Gasteiger partial charge is 0.473 e. The lowest BCUT2D eigenvalue weighted by Crippen LogP contribution is -2.49. The van der Waals surface area contributed by atoms with Crippen molar-refractivity contribution >= 4 is 5.82 Å². The van der Waals surface area contributed by atoms with Gasteiger partial charge >= 0.3 is 5.69 Å². The van der Waals surface area contributed by atoms with Crippen LogP contribution in [0.2, 0.25) is 0 Å². The molecule has 134 valence electrons. The van der Waals surface area contributed by atoms with E-state index in [1.807, 2.05) is 11.9 Å². The monoisotopic (exact) mass is 353 g/mol. The number of hydrogen-bond donors (Lipinski definition) is 0. The van der Waals surface area contributed by atoms with Crippen molar-refractivity contribution in [2.24, 2.45) is 0 Å². The van der Waals surface area contributed by atoms with Gasteiger partial charge in [0.05, 0.1) is 0 Å². The van der Waals surface area contributed by atoms with Gasteiger partial charge in [0, 0.05) is 25.2 Å². The lowest BCUT2D eigenvalue weighted by molar-refractivity contribution is 0.285. The van der Waals surface area contributed by atoms with Crippen molar-refractivity contribution in [3.05, 3.63) is 51.7 Å². The number of nitrogens with zero attached hydrogens (tertiary/aromatic N) is 3. The zero-order valence-corrected chi connectivity index (χ0v) is 14.1. The zero-order chi connectivity index (χ0) is 18.4. The lowest BCUT2D eigenvalue weighted by Gasteiger charge is -2.42. The molecule has 0 amide bonds. The maximum atomic E-state index is 13.2. The van der Waals surface area contributed by atoms with Crippen molar-refractivity contribution in [1.82, 2.24) is 9.55 Å². The van der Waals surface area contributed by atoms with E-state index in [-0.39, 0.29) is 23.6 Å². The Hall–Kier alpha value is -2.51. The maximum absolute atomic E-state index is 13.2. The molecule has 2 heterocycles. The summed E-state index contributed by atoms with van der Waals surface area (Å²) in [5.41, 5.74) is -0.482. The molecule has 0 atom stereocenters. The van der Waals surface area contributed by atoms with Gasteiger partial charge in [-0.2, -0.15) is 4.98 Å². The van der Waals surface area contributed by atoms with Gasteiger partial charge in [0.15, 0.2) is 17.5 Å². The van der Waals surface area contributed by atoms with Gasteiger partial charge in [0.1, 0.15) is 12.4 Å². The summed E-state index contributed by atoms with van der Waals surface area (Å²) in [6.45, 7) is 4.43. The number of anilines is 1. The average molecular weight is 353 g/mol. The van der Waals surface area contributed by atoms with Crippen LogP contribution in [0, 0.1) is 17.5 Å². The molecule has 0 saturated heterocycles. The molecule has 0 fully saturated rings. The number of ether oxygens (including phenoxy) is 1. The van der Waals surface area contributed by atoms with E-state index in [0.717, 1.165) is 18.6 Å². The predicted octanol–water partition coefficient (Wildman–Crippen LogP) is 2.86. The van der Waals surface area contributed by atoms with Crippen LogP contribution < -0.4 is 15.3 Å². The van der Waals surface area contributed by atoms with E-state index in [0.29, 0.717) is 12.4 Å². The third-order valence-corrected chi connectivity index (χ3v) is 4.60. The van der Waals surface area contributed by atoms with E-state index < -0.39 is 23.1 Å². The van der Waals surface area contributed by atoms with Crippen LogP contribution in [-0.4, -0.2) is 22.1 Å². The molecule has 0 aliphatic carbocycles. The summed E-state index contributed by atoms with van der Waals surface area (Å²) in [5, 5.41) is 0. The second-order valence-corrected chi connectivity index (χ2v) is 6.67. The molecular formula is C17H18F3N3O2. The summed E-state index contributed by atoms with van der Waals surface area (Å²) in [6.07, 6.45) is 0.798. The number of benzene rings is 1. The molecule has 0 unspecified atom stereocenters. The number of halogens is 3. The fourth-order valence-corrected chi connectivity index (χ4v) is 2.75. The lowest BCUT2D eigenvalue weighted by atomic mass is 9.96. The molecule has 5 nitrogen and oxygen atoms in total.